The fraction of sp³-hybridized carbons (Fsp3) is 0.636. The van der Waals surface area contributed by atoms with Crippen molar-refractivity contribution >= 4 is 18.4 Å². The number of aromatic nitrogens is 2. The SMILES string of the molecule is CC(C)N1CCN(c2ncccn2)CC1.Cl. The molecule has 1 aromatic heterocycles. The maximum Gasteiger partial charge on any atom is 0.225 e. The van der Waals surface area contributed by atoms with Crippen molar-refractivity contribution in [2.75, 3.05) is 31.1 Å². The zero-order chi connectivity index (χ0) is 10.7. The molecule has 2 heterocycles. The molecule has 0 N–H and O–H groups in total. The van der Waals surface area contributed by atoms with Gasteiger partial charge in [0.15, 0.2) is 0 Å². The van der Waals surface area contributed by atoms with Crippen LogP contribution in [0.4, 0.5) is 5.95 Å². The quantitative estimate of drug-likeness (QED) is 0.786. The Bertz CT molecular complexity index is 296. The lowest BCUT2D eigenvalue weighted by molar-refractivity contribution is 0.208. The smallest absolute Gasteiger partial charge is 0.225 e. The number of rotatable bonds is 2. The molecule has 4 nitrogen and oxygen atoms in total. The zero-order valence-corrected chi connectivity index (χ0v) is 10.7. The van der Waals surface area contributed by atoms with Gasteiger partial charge in [-0.3, -0.25) is 4.90 Å². The lowest BCUT2D eigenvalue weighted by Crippen LogP contribution is -2.49. The summed E-state index contributed by atoms with van der Waals surface area (Å²) >= 11 is 0. The van der Waals surface area contributed by atoms with E-state index in [0.717, 1.165) is 32.1 Å². The Labute approximate surface area is 103 Å². The predicted molar refractivity (Wildman–Crippen MR) is 68.2 cm³/mol. The number of anilines is 1. The molecule has 0 spiro atoms. The first kappa shape index (κ1) is 13.2. The van der Waals surface area contributed by atoms with E-state index in [0.29, 0.717) is 6.04 Å². The standard InChI is InChI=1S/C11H18N4.ClH/c1-10(2)14-6-8-15(9-7-14)11-12-4-3-5-13-11;/h3-5,10H,6-9H2,1-2H3;1H. The van der Waals surface area contributed by atoms with E-state index in [1.807, 2.05) is 6.07 Å². The van der Waals surface area contributed by atoms with Crippen molar-refractivity contribution in [1.29, 1.82) is 0 Å². The van der Waals surface area contributed by atoms with Crippen LogP contribution in [0.2, 0.25) is 0 Å². The van der Waals surface area contributed by atoms with E-state index >= 15 is 0 Å². The Morgan fingerprint density at radius 2 is 1.62 bits per heavy atom. The van der Waals surface area contributed by atoms with E-state index in [4.69, 9.17) is 0 Å². The molecule has 0 radical (unpaired) electrons. The summed E-state index contributed by atoms with van der Waals surface area (Å²) in [6, 6.07) is 2.50. The second-order valence-corrected chi connectivity index (χ2v) is 4.17. The Balaban J connectivity index is 0.00000128. The second kappa shape index (κ2) is 6.01. The van der Waals surface area contributed by atoms with Gasteiger partial charge in [-0.05, 0) is 19.9 Å². The highest BCUT2D eigenvalue weighted by molar-refractivity contribution is 5.85. The van der Waals surface area contributed by atoms with Crippen LogP contribution in [-0.2, 0) is 0 Å². The van der Waals surface area contributed by atoms with Crippen LogP contribution in [0.15, 0.2) is 18.5 Å². The number of nitrogens with zero attached hydrogens (tertiary/aromatic N) is 4. The number of hydrogen-bond acceptors (Lipinski definition) is 4. The van der Waals surface area contributed by atoms with Gasteiger partial charge in [-0.2, -0.15) is 0 Å². The van der Waals surface area contributed by atoms with Crippen LogP contribution >= 0.6 is 12.4 Å². The molecule has 0 amide bonds. The molecule has 5 heteroatoms. The molecule has 90 valence electrons. The molecule has 1 aliphatic heterocycles. The van der Waals surface area contributed by atoms with E-state index in [-0.39, 0.29) is 12.4 Å². The predicted octanol–water partition coefficient (Wildman–Crippen LogP) is 1.43. The molecule has 1 fully saturated rings. The van der Waals surface area contributed by atoms with Crippen molar-refractivity contribution in [3.8, 4) is 0 Å². The van der Waals surface area contributed by atoms with Crippen LogP contribution in [-0.4, -0.2) is 47.1 Å². The van der Waals surface area contributed by atoms with Gasteiger partial charge in [0.2, 0.25) is 5.95 Å². The van der Waals surface area contributed by atoms with Gasteiger partial charge in [0.25, 0.3) is 0 Å². The minimum Gasteiger partial charge on any atom is -0.338 e. The molecule has 0 aromatic carbocycles. The largest absolute Gasteiger partial charge is 0.338 e. The topological polar surface area (TPSA) is 32.3 Å². The van der Waals surface area contributed by atoms with Crippen molar-refractivity contribution in [1.82, 2.24) is 14.9 Å². The first-order valence-electron chi connectivity index (χ1n) is 5.53. The third-order valence-corrected chi connectivity index (χ3v) is 2.88. The number of piperazine rings is 1. The van der Waals surface area contributed by atoms with Crippen LogP contribution in [0.1, 0.15) is 13.8 Å². The van der Waals surface area contributed by atoms with E-state index in [1.165, 1.54) is 0 Å². The maximum atomic E-state index is 4.27. The summed E-state index contributed by atoms with van der Waals surface area (Å²) in [4.78, 5) is 13.3. The van der Waals surface area contributed by atoms with Crippen LogP contribution in [0, 0.1) is 0 Å². The first-order chi connectivity index (χ1) is 7.27. The molecule has 1 saturated heterocycles. The van der Waals surface area contributed by atoms with Crippen molar-refractivity contribution < 1.29 is 0 Å². The third kappa shape index (κ3) is 3.06. The van der Waals surface area contributed by atoms with Crippen molar-refractivity contribution in [3.63, 3.8) is 0 Å². The maximum absolute atomic E-state index is 4.27. The van der Waals surface area contributed by atoms with Gasteiger partial charge in [-0.25, -0.2) is 9.97 Å². The fourth-order valence-corrected chi connectivity index (χ4v) is 1.89. The van der Waals surface area contributed by atoms with Crippen molar-refractivity contribution in [3.05, 3.63) is 18.5 Å². The number of hydrogen-bond donors (Lipinski definition) is 0. The van der Waals surface area contributed by atoms with Crippen LogP contribution in [0.25, 0.3) is 0 Å². The Morgan fingerprint density at radius 3 is 2.12 bits per heavy atom. The highest BCUT2D eigenvalue weighted by Crippen LogP contribution is 2.11. The van der Waals surface area contributed by atoms with Gasteiger partial charge in [-0.15, -0.1) is 12.4 Å². The summed E-state index contributed by atoms with van der Waals surface area (Å²) in [5.41, 5.74) is 0. The van der Waals surface area contributed by atoms with Crippen LogP contribution < -0.4 is 4.90 Å². The second-order valence-electron chi connectivity index (χ2n) is 4.17. The van der Waals surface area contributed by atoms with Crippen molar-refractivity contribution in [2.45, 2.75) is 19.9 Å². The van der Waals surface area contributed by atoms with Gasteiger partial charge in [0.1, 0.15) is 0 Å². The monoisotopic (exact) mass is 242 g/mol. The normalized spacial score (nSPS) is 17.3. The molecule has 0 aliphatic carbocycles. The highest BCUT2D eigenvalue weighted by Gasteiger charge is 2.19. The Kier molecular flexibility index (Phi) is 4.96. The number of halogens is 1. The summed E-state index contributed by atoms with van der Waals surface area (Å²) in [5.74, 6) is 0.862. The molecule has 2 rings (SSSR count). The van der Waals surface area contributed by atoms with Crippen LogP contribution in [0.5, 0.6) is 0 Å². The molecule has 0 unspecified atom stereocenters. The summed E-state index contributed by atoms with van der Waals surface area (Å²) in [6.45, 7) is 8.76. The van der Waals surface area contributed by atoms with E-state index < -0.39 is 0 Å². The van der Waals surface area contributed by atoms with E-state index in [9.17, 15) is 0 Å². The summed E-state index contributed by atoms with van der Waals surface area (Å²) in [5, 5.41) is 0. The molecule has 1 aromatic rings. The van der Waals surface area contributed by atoms with Gasteiger partial charge in [0, 0.05) is 44.6 Å². The summed E-state index contributed by atoms with van der Waals surface area (Å²) < 4.78 is 0. The Hall–Kier alpha value is -0.870. The van der Waals surface area contributed by atoms with Crippen molar-refractivity contribution in [2.24, 2.45) is 0 Å². The summed E-state index contributed by atoms with van der Waals surface area (Å²) in [7, 11) is 0. The molecule has 0 saturated carbocycles. The first-order valence-corrected chi connectivity index (χ1v) is 5.53. The van der Waals surface area contributed by atoms with Gasteiger partial charge >= 0.3 is 0 Å². The van der Waals surface area contributed by atoms with Crippen LogP contribution in [0.3, 0.4) is 0 Å². The lowest BCUT2D eigenvalue weighted by Gasteiger charge is -2.36. The summed E-state index contributed by atoms with van der Waals surface area (Å²) in [6.07, 6.45) is 3.61. The third-order valence-electron chi connectivity index (χ3n) is 2.88. The van der Waals surface area contributed by atoms with Gasteiger partial charge < -0.3 is 4.90 Å². The average molecular weight is 243 g/mol. The lowest BCUT2D eigenvalue weighted by atomic mass is 10.2. The zero-order valence-electron chi connectivity index (χ0n) is 9.83. The van der Waals surface area contributed by atoms with E-state index in [2.05, 4.69) is 33.6 Å². The minimum absolute atomic E-state index is 0. The average Bonchev–Trinajstić information content (AvgIpc) is 2.30. The molecule has 0 bridgehead atoms. The minimum atomic E-state index is 0. The fourth-order valence-electron chi connectivity index (χ4n) is 1.89. The van der Waals surface area contributed by atoms with Gasteiger partial charge in [0.05, 0.1) is 0 Å². The molecule has 0 atom stereocenters. The van der Waals surface area contributed by atoms with E-state index in [1.54, 1.807) is 12.4 Å². The highest BCUT2D eigenvalue weighted by atomic mass is 35.5. The molecular weight excluding hydrogens is 224 g/mol. The van der Waals surface area contributed by atoms with Gasteiger partial charge in [-0.1, -0.05) is 0 Å². The molecule has 16 heavy (non-hydrogen) atoms. The molecular formula is C11H19ClN4. The molecule has 1 aliphatic rings. The Morgan fingerprint density at radius 1 is 1.06 bits per heavy atom.